The summed E-state index contributed by atoms with van der Waals surface area (Å²) in [6.07, 6.45) is 15.4. The summed E-state index contributed by atoms with van der Waals surface area (Å²) in [6, 6.07) is 0. The lowest BCUT2D eigenvalue weighted by Crippen LogP contribution is -2.14. The second-order valence-electron chi connectivity index (χ2n) is 4.30. The standard InChI is InChI=1S/C14H22O2/c1-13-11-9-7-5-3-2-4-6-8-10-12-14(15)16-13/h3-6,13H,2,7-12H2,1H3/b5-3+,6-4+. The molecule has 1 unspecified atom stereocenters. The normalized spacial score (nSPS) is 28.8. The van der Waals surface area contributed by atoms with Crippen molar-refractivity contribution in [2.24, 2.45) is 0 Å². The van der Waals surface area contributed by atoms with Crippen molar-refractivity contribution >= 4 is 5.97 Å². The first-order chi connectivity index (χ1) is 7.79. The van der Waals surface area contributed by atoms with E-state index < -0.39 is 0 Å². The van der Waals surface area contributed by atoms with Crippen LogP contribution in [0.1, 0.15) is 51.9 Å². The van der Waals surface area contributed by atoms with Crippen LogP contribution in [0.2, 0.25) is 0 Å². The molecule has 90 valence electrons. The van der Waals surface area contributed by atoms with Crippen molar-refractivity contribution < 1.29 is 9.53 Å². The molecule has 0 saturated carbocycles. The van der Waals surface area contributed by atoms with Crippen molar-refractivity contribution in [1.82, 2.24) is 0 Å². The summed E-state index contributed by atoms with van der Waals surface area (Å²) in [5.74, 6) is -0.0477. The van der Waals surface area contributed by atoms with Crippen LogP contribution >= 0.6 is 0 Å². The van der Waals surface area contributed by atoms with E-state index in [1.165, 1.54) is 0 Å². The Morgan fingerprint density at radius 2 is 1.81 bits per heavy atom. The quantitative estimate of drug-likeness (QED) is 0.460. The summed E-state index contributed by atoms with van der Waals surface area (Å²) >= 11 is 0. The Balaban J connectivity index is 2.38. The molecular weight excluding hydrogens is 200 g/mol. The zero-order chi connectivity index (χ0) is 11.6. The van der Waals surface area contributed by atoms with E-state index >= 15 is 0 Å². The van der Waals surface area contributed by atoms with Gasteiger partial charge in [-0.25, -0.2) is 0 Å². The second kappa shape index (κ2) is 8.14. The predicted octanol–water partition coefficient (Wildman–Crippen LogP) is 3.77. The lowest BCUT2D eigenvalue weighted by atomic mass is 10.1. The molecule has 0 aliphatic carbocycles. The van der Waals surface area contributed by atoms with Gasteiger partial charge in [-0.1, -0.05) is 24.3 Å². The lowest BCUT2D eigenvalue weighted by molar-refractivity contribution is -0.148. The van der Waals surface area contributed by atoms with Gasteiger partial charge in [0.05, 0.1) is 6.10 Å². The molecule has 0 bridgehead atoms. The highest BCUT2D eigenvalue weighted by molar-refractivity contribution is 5.69. The fourth-order valence-corrected chi connectivity index (χ4v) is 1.74. The molecule has 0 amide bonds. The van der Waals surface area contributed by atoms with Crippen molar-refractivity contribution in [2.75, 3.05) is 0 Å². The Morgan fingerprint density at radius 3 is 2.56 bits per heavy atom. The van der Waals surface area contributed by atoms with Crippen LogP contribution in [0, 0.1) is 0 Å². The van der Waals surface area contributed by atoms with E-state index in [0.29, 0.717) is 6.42 Å². The lowest BCUT2D eigenvalue weighted by Gasteiger charge is -2.12. The molecule has 1 aliphatic rings. The third-order valence-electron chi connectivity index (χ3n) is 2.67. The van der Waals surface area contributed by atoms with E-state index in [-0.39, 0.29) is 12.1 Å². The molecule has 0 aromatic heterocycles. The van der Waals surface area contributed by atoms with Gasteiger partial charge < -0.3 is 4.74 Å². The average Bonchev–Trinajstić information content (AvgIpc) is 2.25. The number of ether oxygens (including phenoxy) is 1. The molecule has 2 nitrogen and oxygen atoms in total. The van der Waals surface area contributed by atoms with Gasteiger partial charge in [-0.15, -0.1) is 0 Å². The zero-order valence-electron chi connectivity index (χ0n) is 10.2. The minimum atomic E-state index is -0.0477. The highest BCUT2D eigenvalue weighted by Crippen LogP contribution is 2.09. The monoisotopic (exact) mass is 222 g/mol. The maximum absolute atomic E-state index is 11.4. The summed E-state index contributed by atoms with van der Waals surface area (Å²) in [6.45, 7) is 1.98. The minimum absolute atomic E-state index is 0.0477. The van der Waals surface area contributed by atoms with Gasteiger partial charge in [-0.3, -0.25) is 4.79 Å². The number of allylic oxidation sites excluding steroid dienone is 4. The molecule has 1 atom stereocenters. The maximum atomic E-state index is 11.4. The van der Waals surface area contributed by atoms with Gasteiger partial charge in [0.2, 0.25) is 0 Å². The minimum Gasteiger partial charge on any atom is -0.463 e. The van der Waals surface area contributed by atoms with E-state index in [9.17, 15) is 4.79 Å². The first-order valence-electron chi connectivity index (χ1n) is 6.28. The van der Waals surface area contributed by atoms with Crippen LogP contribution < -0.4 is 0 Å². The fourth-order valence-electron chi connectivity index (χ4n) is 1.74. The highest BCUT2D eigenvalue weighted by Gasteiger charge is 2.08. The topological polar surface area (TPSA) is 26.3 Å². The summed E-state index contributed by atoms with van der Waals surface area (Å²) in [7, 11) is 0. The van der Waals surface area contributed by atoms with Gasteiger partial charge in [-0.2, -0.15) is 0 Å². The number of cyclic esters (lactones) is 1. The van der Waals surface area contributed by atoms with Gasteiger partial charge in [0.25, 0.3) is 0 Å². The van der Waals surface area contributed by atoms with Gasteiger partial charge in [-0.05, 0) is 45.4 Å². The molecule has 0 fully saturated rings. The van der Waals surface area contributed by atoms with E-state index in [0.717, 1.165) is 38.5 Å². The molecule has 0 aromatic carbocycles. The summed E-state index contributed by atoms with van der Waals surface area (Å²) < 4.78 is 5.31. The third kappa shape index (κ3) is 6.44. The number of esters is 1. The van der Waals surface area contributed by atoms with E-state index in [1.54, 1.807) is 0 Å². The molecule has 0 spiro atoms. The number of hydrogen-bond donors (Lipinski definition) is 0. The molecular formula is C14H22O2. The SMILES string of the molecule is CC1CCC/C=C/C/C=C/CCCC(=O)O1. The van der Waals surface area contributed by atoms with Crippen LogP contribution in [0.3, 0.4) is 0 Å². The molecule has 2 heteroatoms. The molecule has 16 heavy (non-hydrogen) atoms. The van der Waals surface area contributed by atoms with Crippen molar-refractivity contribution in [3.8, 4) is 0 Å². The third-order valence-corrected chi connectivity index (χ3v) is 2.67. The van der Waals surface area contributed by atoms with Gasteiger partial charge in [0.1, 0.15) is 0 Å². The Kier molecular flexibility index (Phi) is 6.62. The van der Waals surface area contributed by atoms with Gasteiger partial charge in [0.15, 0.2) is 0 Å². The van der Waals surface area contributed by atoms with Crippen LogP contribution in [0.25, 0.3) is 0 Å². The van der Waals surface area contributed by atoms with Gasteiger partial charge in [0, 0.05) is 6.42 Å². The van der Waals surface area contributed by atoms with Crippen LogP contribution in [0.15, 0.2) is 24.3 Å². The predicted molar refractivity (Wildman–Crippen MR) is 66.2 cm³/mol. The average molecular weight is 222 g/mol. The summed E-state index contributed by atoms with van der Waals surface area (Å²) in [4.78, 5) is 11.4. The highest BCUT2D eigenvalue weighted by atomic mass is 16.5. The van der Waals surface area contributed by atoms with Crippen molar-refractivity contribution in [3.63, 3.8) is 0 Å². The molecule has 0 saturated heterocycles. The second-order valence-corrected chi connectivity index (χ2v) is 4.30. The molecule has 0 radical (unpaired) electrons. The first kappa shape index (κ1) is 13.0. The Hall–Kier alpha value is -1.05. The Labute approximate surface area is 98.4 Å². The molecule has 0 N–H and O–H groups in total. The van der Waals surface area contributed by atoms with Crippen LogP contribution in [0.4, 0.5) is 0 Å². The number of rotatable bonds is 0. The van der Waals surface area contributed by atoms with Gasteiger partial charge >= 0.3 is 5.97 Å². The number of hydrogen-bond acceptors (Lipinski definition) is 2. The summed E-state index contributed by atoms with van der Waals surface area (Å²) in [5, 5.41) is 0. The summed E-state index contributed by atoms with van der Waals surface area (Å²) in [5.41, 5.74) is 0. The molecule has 0 aromatic rings. The van der Waals surface area contributed by atoms with E-state index in [1.807, 2.05) is 6.92 Å². The molecule has 1 rings (SSSR count). The van der Waals surface area contributed by atoms with Crippen LogP contribution in [0.5, 0.6) is 0 Å². The maximum Gasteiger partial charge on any atom is 0.306 e. The van der Waals surface area contributed by atoms with E-state index in [2.05, 4.69) is 24.3 Å². The Morgan fingerprint density at radius 1 is 1.12 bits per heavy atom. The molecule has 1 heterocycles. The fraction of sp³-hybridized carbons (Fsp3) is 0.643. The molecule has 1 aliphatic heterocycles. The van der Waals surface area contributed by atoms with Crippen molar-refractivity contribution in [1.29, 1.82) is 0 Å². The van der Waals surface area contributed by atoms with E-state index in [4.69, 9.17) is 4.74 Å². The van der Waals surface area contributed by atoms with Crippen molar-refractivity contribution in [3.05, 3.63) is 24.3 Å². The first-order valence-corrected chi connectivity index (χ1v) is 6.28. The number of carbonyl (C=O) groups excluding carboxylic acids is 1. The Bertz CT molecular complexity index is 253. The van der Waals surface area contributed by atoms with Crippen LogP contribution in [-0.4, -0.2) is 12.1 Å². The smallest absolute Gasteiger partial charge is 0.306 e. The number of carbonyl (C=O) groups is 1. The van der Waals surface area contributed by atoms with Crippen molar-refractivity contribution in [2.45, 2.75) is 58.0 Å². The zero-order valence-corrected chi connectivity index (χ0v) is 10.2. The van der Waals surface area contributed by atoms with Crippen LogP contribution in [-0.2, 0) is 9.53 Å². The largest absolute Gasteiger partial charge is 0.463 e.